The summed E-state index contributed by atoms with van der Waals surface area (Å²) < 4.78 is 14.0. The lowest BCUT2D eigenvalue weighted by molar-refractivity contribution is -0.123. The Morgan fingerprint density at radius 3 is 2.63 bits per heavy atom. The van der Waals surface area contributed by atoms with Crippen LogP contribution in [0.3, 0.4) is 0 Å². The molecule has 6 heteroatoms. The van der Waals surface area contributed by atoms with Gasteiger partial charge in [-0.05, 0) is 36.8 Å². The van der Waals surface area contributed by atoms with Crippen molar-refractivity contribution in [2.45, 2.75) is 33.1 Å². The number of hydrogen-bond acceptors (Lipinski definition) is 3. The summed E-state index contributed by atoms with van der Waals surface area (Å²) in [6.07, 6.45) is 0. The molecule has 2 amide bonds. The number of carbonyl (C=O) groups is 2. The smallest absolute Gasteiger partial charge is 0.238 e. The zero-order chi connectivity index (χ0) is 19.8. The average molecular weight is 386 g/mol. The molecule has 1 atom stereocenters. The van der Waals surface area contributed by atoms with Crippen LogP contribution in [0.2, 0.25) is 0 Å². The minimum absolute atomic E-state index is 0.0529. The maximum absolute atomic E-state index is 14.0. The zero-order valence-corrected chi connectivity index (χ0v) is 16.7. The standard InChI is InChI=1S/C21H23FN2O2S/c1-13-16(22)9-6-10-17(13)24-18(25)12-27-19(24)14-7-5-8-15(11-14)23-20(26)21(2,3)4/h5-11,19H,12H2,1-4H3,(H,23,26). The van der Waals surface area contributed by atoms with Gasteiger partial charge in [-0.25, -0.2) is 4.39 Å². The molecule has 2 aromatic carbocycles. The van der Waals surface area contributed by atoms with Gasteiger partial charge in [0.2, 0.25) is 11.8 Å². The number of thioether (sulfide) groups is 1. The summed E-state index contributed by atoms with van der Waals surface area (Å²) in [6, 6.07) is 12.3. The van der Waals surface area contributed by atoms with E-state index in [4.69, 9.17) is 0 Å². The molecule has 1 saturated heterocycles. The Morgan fingerprint density at radius 1 is 1.22 bits per heavy atom. The van der Waals surface area contributed by atoms with Gasteiger partial charge in [-0.3, -0.25) is 14.5 Å². The first kappa shape index (κ1) is 19.4. The first-order chi connectivity index (χ1) is 12.7. The highest BCUT2D eigenvalue weighted by Crippen LogP contribution is 2.43. The third-order valence-electron chi connectivity index (χ3n) is 4.48. The second-order valence-electron chi connectivity index (χ2n) is 7.64. The van der Waals surface area contributed by atoms with Crippen molar-refractivity contribution in [1.82, 2.24) is 0 Å². The van der Waals surface area contributed by atoms with E-state index in [9.17, 15) is 14.0 Å². The molecule has 3 rings (SSSR count). The number of carbonyl (C=O) groups excluding carboxylic acids is 2. The van der Waals surface area contributed by atoms with Gasteiger partial charge in [0, 0.05) is 16.7 Å². The molecule has 1 aliphatic rings. The predicted molar refractivity (Wildman–Crippen MR) is 108 cm³/mol. The SMILES string of the molecule is Cc1c(F)cccc1N1C(=O)CSC1c1cccc(NC(=O)C(C)(C)C)c1. The van der Waals surface area contributed by atoms with E-state index < -0.39 is 5.41 Å². The maximum Gasteiger partial charge on any atom is 0.238 e. The molecule has 27 heavy (non-hydrogen) atoms. The number of benzene rings is 2. The molecule has 1 aliphatic heterocycles. The second kappa shape index (κ2) is 7.35. The van der Waals surface area contributed by atoms with Crippen LogP contribution in [0.25, 0.3) is 0 Å². The minimum atomic E-state index is -0.501. The molecule has 1 heterocycles. The number of rotatable bonds is 3. The number of hydrogen-bond donors (Lipinski definition) is 1. The van der Waals surface area contributed by atoms with E-state index in [0.29, 0.717) is 22.7 Å². The number of nitrogens with zero attached hydrogens (tertiary/aromatic N) is 1. The van der Waals surface area contributed by atoms with Gasteiger partial charge in [0.1, 0.15) is 11.2 Å². The Balaban J connectivity index is 1.93. The van der Waals surface area contributed by atoms with Crippen LogP contribution in [-0.2, 0) is 9.59 Å². The van der Waals surface area contributed by atoms with Crippen molar-refractivity contribution in [3.63, 3.8) is 0 Å². The van der Waals surface area contributed by atoms with Crippen LogP contribution in [0.1, 0.15) is 37.3 Å². The topological polar surface area (TPSA) is 49.4 Å². The highest BCUT2D eigenvalue weighted by Gasteiger charge is 2.35. The van der Waals surface area contributed by atoms with Crippen molar-refractivity contribution in [3.05, 3.63) is 59.4 Å². The first-order valence-electron chi connectivity index (χ1n) is 8.78. The Morgan fingerprint density at radius 2 is 1.93 bits per heavy atom. The molecule has 0 bridgehead atoms. The van der Waals surface area contributed by atoms with Crippen molar-refractivity contribution < 1.29 is 14.0 Å². The van der Waals surface area contributed by atoms with E-state index in [2.05, 4.69) is 5.32 Å². The minimum Gasteiger partial charge on any atom is -0.326 e. The van der Waals surface area contributed by atoms with E-state index in [-0.39, 0.29) is 23.0 Å². The molecule has 1 fully saturated rings. The van der Waals surface area contributed by atoms with Crippen LogP contribution >= 0.6 is 11.8 Å². The zero-order valence-electron chi connectivity index (χ0n) is 15.9. The van der Waals surface area contributed by atoms with Crippen LogP contribution in [-0.4, -0.2) is 17.6 Å². The van der Waals surface area contributed by atoms with Crippen LogP contribution < -0.4 is 10.2 Å². The van der Waals surface area contributed by atoms with Gasteiger partial charge < -0.3 is 5.32 Å². The third-order valence-corrected chi connectivity index (χ3v) is 5.69. The van der Waals surface area contributed by atoms with Gasteiger partial charge in [-0.1, -0.05) is 39.0 Å². The van der Waals surface area contributed by atoms with Gasteiger partial charge in [0.15, 0.2) is 0 Å². The van der Waals surface area contributed by atoms with Gasteiger partial charge in [-0.15, -0.1) is 11.8 Å². The number of halogens is 1. The molecular formula is C21H23FN2O2S. The molecule has 0 radical (unpaired) electrons. The fourth-order valence-corrected chi connectivity index (χ4v) is 4.04. The number of amides is 2. The molecule has 0 saturated carbocycles. The van der Waals surface area contributed by atoms with E-state index in [1.807, 2.05) is 45.0 Å². The molecule has 142 valence electrons. The highest BCUT2D eigenvalue weighted by atomic mass is 32.2. The van der Waals surface area contributed by atoms with Crippen LogP contribution in [0.4, 0.5) is 15.8 Å². The molecule has 0 aliphatic carbocycles. The molecule has 4 nitrogen and oxygen atoms in total. The fraction of sp³-hybridized carbons (Fsp3) is 0.333. The second-order valence-corrected chi connectivity index (χ2v) is 8.71. The van der Waals surface area contributed by atoms with Gasteiger partial charge in [0.25, 0.3) is 0 Å². The van der Waals surface area contributed by atoms with E-state index in [1.165, 1.54) is 17.8 Å². The summed E-state index contributed by atoms with van der Waals surface area (Å²) in [6.45, 7) is 7.24. The summed E-state index contributed by atoms with van der Waals surface area (Å²) in [5, 5.41) is 2.66. The van der Waals surface area contributed by atoms with Crippen molar-refractivity contribution in [1.29, 1.82) is 0 Å². The van der Waals surface area contributed by atoms with Gasteiger partial charge >= 0.3 is 0 Å². The number of anilines is 2. The maximum atomic E-state index is 14.0. The van der Waals surface area contributed by atoms with E-state index >= 15 is 0 Å². The van der Waals surface area contributed by atoms with Crippen molar-refractivity contribution >= 4 is 35.0 Å². The van der Waals surface area contributed by atoms with Crippen molar-refractivity contribution in [2.75, 3.05) is 16.0 Å². The summed E-state index contributed by atoms with van der Waals surface area (Å²) in [5.74, 6) is -0.128. The molecule has 0 spiro atoms. The van der Waals surface area contributed by atoms with Crippen molar-refractivity contribution in [3.8, 4) is 0 Å². The highest BCUT2D eigenvalue weighted by molar-refractivity contribution is 8.00. The largest absolute Gasteiger partial charge is 0.326 e. The Bertz CT molecular complexity index is 892. The summed E-state index contributed by atoms with van der Waals surface area (Å²) in [5.41, 5.74) is 2.11. The molecule has 2 aromatic rings. The van der Waals surface area contributed by atoms with Crippen LogP contribution in [0, 0.1) is 18.2 Å². The molecule has 1 unspecified atom stereocenters. The summed E-state index contributed by atoms with van der Waals surface area (Å²) >= 11 is 1.50. The monoisotopic (exact) mass is 386 g/mol. The average Bonchev–Trinajstić information content (AvgIpc) is 2.98. The fourth-order valence-electron chi connectivity index (χ4n) is 2.88. The quantitative estimate of drug-likeness (QED) is 0.816. The lowest BCUT2D eigenvalue weighted by Gasteiger charge is -2.26. The number of nitrogens with one attached hydrogen (secondary N) is 1. The lowest BCUT2D eigenvalue weighted by atomic mass is 9.95. The lowest BCUT2D eigenvalue weighted by Crippen LogP contribution is -2.29. The third kappa shape index (κ3) is 4.00. The van der Waals surface area contributed by atoms with Crippen LogP contribution in [0.15, 0.2) is 42.5 Å². The Labute approximate surface area is 163 Å². The normalized spacial score (nSPS) is 17.3. The Kier molecular flexibility index (Phi) is 5.29. The van der Waals surface area contributed by atoms with E-state index in [1.54, 1.807) is 24.0 Å². The first-order valence-corrected chi connectivity index (χ1v) is 9.83. The molecule has 0 aromatic heterocycles. The predicted octanol–water partition coefficient (Wildman–Crippen LogP) is 4.90. The Hall–Kier alpha value is -2.34. The van der Waals surface area contributed by atoms with E-state index in [0.717, 1.165) is 5.56 Å². The van der Waals surface area contributed by atoms with Gasteiger partial charge in [-0.2, -0.15) is 0 Å². The summed E-state index contributed by atoms with van der Waals surface area (Å²) in [7, 11) is 0. The summed E-state index contributed by atoms with van der Waals surface area (Å²) in [4.78, 5) is 26.4. The molecule has 1 N–H and O–H groups in total. The van der Waals surface area contributed by atoms with Gasteiger partial charge in [0.05, 0.1) is 11.4 Å². The molecular weight excluding hydrogens is 363 g/mol. The van der Waals surface area contributed by atoms with Crippen LogP contribution in [0.5, 0.6) is 0 Å². The van der Waals surface area contributed by atoms with Crippen molar-refractivity contribution in [2.24, 2.45) is 5.41 Å².